The normalized spacial score (nSPS) is 16.7. The van der Waals surface area contributed by atoms with Crippen LogP contribution < -0.4 is 5.32 Å². The average Bonchev–Trinajstić information content (AvgIpc) is 2.84. The third-order valence-corrected chi connectivity index (χ3v) is 5.04. The fourth-order valence-electron chi connectivity index (χ4n) is 3.48. The third-order valence-electron chi connectivity index (χ3n) is 5.04. The number of aliphatic carboxylic acids is 1. The molecule has 1 aliphatic rings. The predicted octanol–water partition coefficient (Wildman–Crippen LogP) is 3.23. The number of nitrogens with zero attached hydrogens (tertiary/aromatic N) is 2. The van der Waals surface area contributed by atoms with E-state index in [-0.39, 0.29) is 5.82 Å². The highest BCUT2D eigenvalue weighted by Gasteiger charge is 2.40. The van der Waals surface area contributed by atoms with Gasteiger partial charge in [-0.3, -0.25) is 4.79 Å². The SMILES string of the molecule is Cc1c(C(=O)NC2(C(=O)O)CCCCCC2)cnn1-c1ccc(F)cc1. The van der Waals surface area contributed by atoms with Crippen LogP contribution in [0.2, 0.25) is 0 Å². The lowest BCUT2D eigenvalue weighted by molar-refractivity contribution is -0.145. The van der Waals surface area contributed by atoms with Gasteiger partial charge in [0.05, 0.1) is 23.1 Å². The molecule has 0 aliphatic heterocycles. The van der Waals surface area contributed by atoms with Gasteiger partial charge in [0.25, 0.3) is 5.91 Å². The molecule has 0 atom stereocenters. The second-order valence-corrected chi connectivity index (χ2v) is 6.79. The molecule has 1 saturated carbocycles. The molecule has 3 rings (SSSR count). The summed E-state index contributed by atoms with van der Waals surface area (Å²) in [5.74, 6) is -1.79. The molecule has 1 heterocycles. The highest BCUT2D eigenvalue weighted by atomic mass is 19.1. The first-order valence-corrected chi connectivity index (χ1v) is 8.79. The quantitative estimate of drug-likeness (QED) is 0.821. The zero-order chi connectivity index (χ0) is 18.7. The molecule has 7 heteroatoms. The molecule has 0 spiro atoms. The smallest absolute Gasteiger partial charge is 0.329 e. The topological polar surface area (TPSA) is 84.2 Å². The Morgan fingerprint density at radius 2 is 1.77 bits per heavy atom. The van der Waals surface area contributed by atoms with Crippen molar-refractivity contribution in [3.05, 3.63) is 47.5 Å². The van der Waals surface area contributed by atoms with Crippen LogP contribution in [0.5, 0.6) is 0 Å². The molecule has 0 unspecified atom stereocenters. The first-order chi connectivity index (χ1) is 12.4. The van der Waals surface area contributed by atoms with E-state index in [0.717, 1.165) is 25.7 Å². The number of halogens is 1. The standard InChI is InChI=1S/C19H22FN3O3/c1-13-16(12-21-23(13)15-8-6-14(20)7-9-15)17(24)22-19(18(25)26)10-4-2-3-5-11-19/h6-9,12H,2-5,10-11H2,1H3,(H,22,24)(H,25,26). The number of benzene rings is 1. The van der Waals surface area contributed by atoms with Gasteiger partial charge in [-0.15, -0.1) is 0 Å². The van der Waals surface area contributed by atoms with Crippen molar-refractivity contribution >= 4 is 11.9 Å². The third kappa shape index (κ3) is 3.47. The first kappa shape index (κ1) is 18.1. The fraction of sp³-hybridized carbons (Fsp3) is 0.421. The van der Waals surface area contributed by atoms with Crippen LogP contribution in [0, 0.1) is 12.7 Å². The molecular weight excluding hydrogens is 337 g/mol. The molecule has 1 amide bonds. The van der Waals surface area contributed by atoms with Crippen molar-refractivity contribution < 1.29 is 19.1 Å². The minimum atomic E-state index is -1.22. The Kier molecular flexibility index (Phi) is 5.06. The number of amides is 1. The zero-order valence-electron chi connectivity index (χ0n) is 14.7. The van der Waals surface area contributed by atoms with E-state index in [2.05, 4.69) is 10.4 Å². The Labute approximate surface area is 151 Å². The second kappa shape index (κ2) is 7.27. The number of nitrogens with one attached hydrogen (secondary N) is 1. The molecule has 1 fully saturated rings. The maximum absolute atomic E-state index is 13.1. The average molecular weight is 359 g/mol. The van der Waals surface area contributed by atoms with Gasteiger partial charge in [0.15, 0.2) is 0 Å². The zero-order valence-corrected chi connectivity index (χ0v) is 14.7. The predicted molar refractivity (Wildman–Crippen MR) is 93.8 cm³/mol. The highest BCUT2D eigenvalue weighted by Crippen LogP contribution is 2.28. The summed E-state index contributed by atoms with van der Waals surface area (Å²) in [5.41, 5.74) is 0.297. The van der Waals surface area contributed by atoms with E-state index < -0.39 is 17.4 Å². The largest absolute Gasteiger partial charge is 0.480 e. The van der Waals surface area contributed by atoms with Gasteiger partial charge in [0, 0.05) is 0 Å². The Hall–Kier alpha value is -2.70. The summed E-state index contributed by atoms with van der Waals surface area (Å²) in [6.45, 7) is 1.73. The second-order valence-electron chi connectivity index (χ2n) is 6.79. The van der Waals surface area contributed by atoms with Crippen molar-refractivity contribution in [2.45, 2.75) is 51.0 Å². The van der Waals surface area contributed by atoms with E-state index in [1.165, 1.54) is 23.0 Å². The van der Waals surface area contributed by atoms with Crippen molar-refractivity contribution in [1.29, 1.82) is 0 Å². The van der Waals surface area contributed by atoms with Gasteiger partial charge in [-0.2, -0.15) is 5.10 Å². The van der Waals surface area contributed by atoms with Gasteiger partial charge in [0.1, 0.15) is 11.4 Å². The van der Waals surface area contributed by atoms with E-state index in [1.807, 2.05) is 0 Å². The molecule has 0 saturated heterocycles. The Morgan fingerprint density at radius 3 is 2.35 bits per heavy atom. The Morgan fingerprint density at radius 1 is 1.15 bits per heavy atom. The summed E-state index contributed by atoms with van der Waals surface area (Å²) >= 11 is 0. The maximum Gasteiger partial charge on any atom is 0.329 e. The molecule has 0 radical (unpaired) electrons. The summed E-state index contributed by atoms with van der Waals surface area (Å²) in [4.78, 5) is 24.6. The number of hydrogen-bond donors (Lipinski definition) is 2. The molecular formula is C19H22FN3O3. The van der Waals surface area contributed by atoms with Gasteiger partial charge in [0.2, 0.25) is 0 Å². The van der Waals surface area contributed by atoms with Crippen LogP contribution in [0.25, 0.3) is 5.69 Å². The van der Waals surface area contributed by atoms with Crippen LogP contribution >= 0.6 is 0 Å². The van der Waals surface area contributed by atoms with Crippen LogP contribution in [0.4, 0.5) is 4.39 Å². The lowest BCUT2D eigenvalue weighted by atomic mass is 9.90. The van der Waals surface area contributed by atoms with Crippen LogP contribution in [-0.2, 0) is 4.79 Å². The van der Waals surface area contributed by atoms with Crippen molar-refractivity contribution in [1.82, 2.24) is 15.1 Å². The molecule has 0 bridgehead atoms. The van der Waals surface area contributed by atoms with Gasteiger partial charge in [-0.05, 0) is 44.0 Å². The molecule has 1 aromatic carbocycles. The lowest BCUT2D eigenvalue weighted by Gasteiger charge is -2.29. The minimum Gasteiger partial charge on any atom is -0.480 e. The molecule has 1 aliphatic carbocycles. The van der Waals surface area contributed by atoms with E-state index >= 15 is 0 Å². The van der Waals surface area contributed by atoms with Crippen LogP contribution in [-0.4, -0.2) is 32.3 Å². The van der Waals surface area contributed by atoms with Gasteiger partial charge >= 0.3 is 5.97 Å². The highest BCUT2D eigenvalue weighted by molar-refractivity contribution is 5.98. The summed E-state index contributed by atoms with van der Waals surface area (Å²) in [7, 11) is 0. The summed E-state index contributed by atoms with van der Waals surface area (Å²) in [5, 5.41) is 16.7. The molecule has 1 aromatic heterocycles. The van der Waals surface area contributed by atoms with Crippen molar-refractivity contribution in [3.8, 4) is 5.69 Å². The van der Waals surface area contributed by atoms with Crippen LogP contribution in [0.1, 0.15) is 54.6 Å². The monoisotopic (exact) mass is 359 g/mol. The number of carbonyl (C=O) groups excluding carboxylic acids is 1. The van der Waals surface area contributed by atoms with E-state index in [9.17, 15) is 19.1 Å². The van der Waals surface area contributed by atoms with E-state index in [0.29, 0.717) is 29.8 Å². The number of hydrogen-bond acceptors (Lipinski definition) is 3. The molecule has 138 valence electrons. The van der Waals surface area contributed by atoms with Crippen LogP contribution in [0.15, 0.2) is 30.5 Å². The Balaban J connectivity index is 1.86. The van der Waals surface area contributed by atoms with E-state index in [1.54, 1.807) is 19.1 Å². The maximum atomic E-state index is 13.1. The fourth-order valence-corrected chi connectivity index (χ4v) is 3.48. The number of rotatable bonds is 4. The summed E-state index contributed by atoms with van der Waals surface area (Å²) in [6, 6.07) is 5.78. The van der Waals surface area contributed by atoms with Gasteiger partial charge < -0.3 is 10.4 Å². The lowest BCUT2D eigenvalue weighted by Crippen LogP contribution is -2.54. The number of carboxylic acids is 1. The van der Waals surface area contributed by atoms with Crippen molar-refractivity contribution in [2.24, 2.45) is 0 Å². The summed E-state index contributed by atoms with van der Waals surface area (Å²) < 4.78 is 14.6. The number of aromatic nitrogens is 2. The van der Waals surface area contributed by atoms with Gasteiger partial charge in [-0.1, -0.05) is 25.7 Å². The van der Waals surface area contributed by atoms with Crippen LogP contribution in [0.3, 0.4) is 0 Å². The molecule has 2 aromatic rings. The molecule has 26 heavy (non-hydrogen) atoms. The van der Waals surface area contributed by atoms with Gasteiger partial charge in [-0.25, -0.2) is 13.9 Å². The molecule has 2 N–H and O–H groups in total. The number of carbonyl (C=O) groups is 2. The van der Waals surface area contributed by atoms with Crippen molar-refractivity contribution in [2.75, 3.05) is 0 Å². The minimum absolute atomic E-state index is 0.319. The first-order valence-electron chi connectivity index (χ1n) is 8.79. The van der Waals surface area contributed by atoms with Crippen molar-refractivity contribution in [3.63, 3.8) is 0 Å². The number of carboxylic acid groups (broad SMARTS) is 1. The molecule has 6 nitrogen and oxygen atoms in total. The van der Waals surface area contributed by atoms with E-state index in [4.69, 9.17) is 0 Å². The summed E-state index contributed by atoms with van der Waals surface area (Å²) in [6.07, 6.45) is 5.79. The Bertz CT molecular complexity index is 806.